The van der Waals surface area contributed by atoms with Gasteiger partial charge in [-0.15, -0.1) is 0 Å². The zero-order valence-corrected chi connectivity index (χ0v) is 13.8. The molecule has 1 saturated heterocycles. The Morgan fingerprint density at radius 2 is 2.05 bits per heavy atom. The Morgan fingerprint density at radius 1 is 1.20 bits per heavy atom. The highest BCUT2D eigenvalue weighted by Gasteiger charge is 2.23. The van der Waals surface area contributed by atoms with Crippen molar-refractivity contribution in [1.82, 2.24) is 10.2 Å². The quantitative estimate of drug-likeness (QED) is 0.820. The molecule has 1 fully saturated rings. The number of fused-ring (bicyclic) bond motifs is 1. The molecule has 2 nitrogen and oxygen atoms in total. The number of nitrogens with zero attached hydrogens (tertiary/aromatic N) is 1. The van der Waals surface area contributed by atoms with Gasteiger partial charge in [0.15, 0.2) is 0 Å². The molecule has 1 aliphatic carbocycles. The third kappa shape index (κ3) is 3.44. The predicted molar refractivity (Wildman–Crippen MR) is 88.1 cm³/mol. The Labute approximate surface area is 131 Å². The molecule has 0 bridgehead atoms. The van der Waals surface area contributed by atoms with Crippen molar-refractivity contribution in [3.8, 4) is 0 Å². The van der Waals surface area contributed by atoms with Gasteiger partial charge in [-0.1, -0.05) is 34.5 Å². The van der Waals surface area contributed by atoms with Crippen molar-refractivity contribution in [2.45, 2.75) is 44.6 Å². The second-order valence-corrected chi connectivity index (χ2v) is 6.96. The fourth-order valence-electron chi connectivity index (χ4n) is 3.58. The number of piperidine rings is 1. The standard InChI is InChI=1S/C17H25BrN2/c18-16-7-4-6-15-14(16)8-9-17(15)19-10-5-13-20-11-2-1-3-12-20/h4,6-7,17,19H,1-3,5,8-13H2. The van der Waals surface area contributed by atoms with Gasteiger partial charge in [0.2, 0.25) is 0 Å². The van der Waals surface area contributed by atoms with E-state index in [9.17, 15) is 0 Å². The van der Waals surface area contributed by atoms with Crippen LogP contribution in [0.15, 0.2) is 22.7 Å². The highest BCUT2D eigenvalue weighted by Crippen LogP contribution is 2.35. The summed E-state index contributed by atoms with van der Waals surface area (Å²) in [5.74, 6) is 0. The Balaban J connectivity index is 1.43. The molecule has 0 radical (unpaired) electrons. The summed E-state index contributed by atoms with van der Waals surface area (Å²) < 4.78 is 1.28. The van der Waals surface area contributed by atoms with E-state index in [1.54, 1.807) is 0 Å². The molecule has 1 unspecified atom stereocenters. The lowest BCUT2D eigenvalue weighted by Gasteiger charge is -2.26. The summed E-state index contributed by atoms with van der Waals surface area (Å²) in [7, 11) is 0. The van der Waals surface area contributed by atoms with Crippen LogP contribution >= 0.6 is 15.9 Å². The molecular formula is C17H25BrN2. The third-order valence-electron chi connectivity index (χ3n) is 4.70. The average Bonchev–Trinajstić information content (AvgIpc) is 2.90. The first-order valence-corrected chi connectivity index (χ1v) is 8.87. The molecule has 3 rings (SSSR count). The van der Waals surface area contributed by atoms with E-state index in [-0.39, 0.29) is 0 Å². The van der Waals surface area contributed by atoms with Crippen LogP contribution in [0, 0.1) is 0 Å². The Hall–Kier alpha value is -0.380. The number of rotatable bonds is 5. The van der Waals surface area contributed by atoms with Gasteiger partial charge in [0, 0.05) is 10.5 Å². The van der Waals surface area contributed by atoms with Gasteiger partial charge in [0.1, 0.15) is 0 Å². The van der Waals surface area contributed by atoms with Gasteiger partial charge in [-0.2, -0.15) is 0 Å². The summed E-state index contributed by atoms with van der Waals surface area (Å²) >= 11 is 3.67. The van der Waals surface area contributed by atoms with Crippen LogP contribution in [0.2, 0.25) is 0 Å². The molecule has 0 saturated carbocycles. The van der Waals surface area contributed by atoms with Gasteiger partial charge in [0.05, 0.1) is 0 Å². The molecule has 0 aromatic heterocycles. The van der Waals surface area contributed by atoms with E-state index < -0.39 is 0 Å². The zero-order chi connectivity index (χ0) is 13.8. The maximum absolute atomic E-state index is 3.76. The number of hydrogen-bond donors (Lipinski definition) is 1. The van der Waals surface area contributed by atoms with E-state index >= 15 is 0 Å². The van der Waals surface area contributed by atoms with Crippen LogP contribution in [-0.4, -0.2) is 31.1 Å². The van der Waals surface area contributed by atoms with E-state index in [2.05, 4.69) is 44.3 Å². The van der Waals surface area contributed by atoms with Gasteiger partial charge in [-0.3, -0.25) is 0 Å². The van der Waals surface area contributed by atoms with E-state index in [4.69, 9.17) is 0 Å². The number of hydrogen-bond acceptors (Lipinski definition) is 2. The van der Waals surface area contributed by atoms with E-state index in [1.165, 1.54) is 73.8 Å². The predicted octanol–water partition coefficient (Wildman–Crippen LogP) is 3.90. The Bertz CT molecular complexity index is 441. The van der Waals surface area contributed by atoms with Crippen molar-refractivity contribution < 1.29 is 0 Å². The molecule has 1 heterocycles. The molecule has 2 aliphatic rings. The van der Waals surface area contributed by atoms with Crippen LogP contribution in [0.5, 0.6) is 0 Å². The largest absolute Gasteiger partial charge is 0.310 e. The molecule has 110 valence electrons. The summed E-state index contributed by atoms with van der Waals surface area (Å²) in [5.41, 5.74) is 3.03. The van der Waals surface area contributed by atoms with E-state index in [0.717, 1.165) is 6.54 Å². The van der Waals surface area contributed by atoms with E-state index in [0.29, 0.717) is 6.04 Å². The molecule has 3 heteroatoms. The van der Waals surface area contributed by atoms with Gasteiger partial charge in [-0.25, -0.2) is 0 Å². The second kappa shape index (κ2) is 7.06. The number of likely N-dealkylation sites (tertiary alicyclic amines) is 1. The SMILES string of the molecule is Brc1cccc2c1CCC2NCCCN1CCCCC1. The summed E-state index contributed by atoms with van der Waals surface area (Å²) in [6.45, 7) is 5.05. The summed E-state index contributed by atoms with van der Waals surface area (Å²) in [5, 5.41) is 3.76. The van der Waals surface area contributed by atoms with Gasteiger partial charge in [-0.05, 0) is 75.5 Å². The number of halogens is 1. The third-order valence-corrected chi connectivity index (χ3v) is 5.45. The monoisotopic (exact) mass is 336 g/mol. The lowest BCUT2D eigenvalue weighted by atomic mass is 10.1. The maximum Gasteiger partial charge on any atom is 0.0326 e. The van der Waals surface area contributed by atoms with Crippen LogP contribution in [0.3, 0.4) is 0 Å². The minimum atomic E-state index is 0.573. The Morgan fingerprint density at radius 3 is 2.90 bits per heavy atom. The lowest BCUT2D eigenvalue weighted by Crippen LogP contribution is -2.32. The molecule has 1 aliphatic heterocycles. The lowest BCUT2D eigenvalue weighted by molar-refractivity contribution is 0.225. The van der Waals surface area contributed by atoms with Gasteiger partial charge >= 0.3 is 0 Å². The summed E-state index contributed by atoms with van der Waals surface area (Å²) in [4.78, 5) is 2.63. The van der Waals surface area contributed by atoms with Crippen molar-refractivity contribution in [3.05, 3.63) is 33.8 Å². The topological polar surface area (TPSA) is 15.3 Å². The smallest absolute Gasteiger partial charge is 0.0326 e. The molecule has 20 heavy (non-hydrogen) atoms. The van der Waals surface area contributed by atoms with Gasteiger partial charge < -0.3 is 10.2 Å². The first kappa shape index (κ1) is 14.6. The van der Waals surface area contributed by atoms with Crippen molar-refractivity contribution in [2.75, 3.05) is 26.2 Å². The van der Waals surface area contributed by atoms with Crippen molar-refractivity contribution >= 4 is 15.9 Å². The molecule has 1 aromatic carbocycles. The van der Waals surface area contributed by atoms with Crippen LogP contribution in [-0.2, 0) is 6.42 Å². The van der Waals surface area contributed by atoms with Crippen molar-refractivity contribution in [3.63, 3.8) is 0 Å². The van der Waals surface area contributed by atoms with Crippen LogP contribution in [0.1, 0.15) is 49.3 Å². The summed E-state index contributed by atoms with van der Waals surface area (Å²) in [6, 6.07) is 7.19. The maximum atomic E-state index is 3.76. The average molecular weight is 337 g/mol. The van der Waals surface area contributed by atoms with Crippen LogP contribution in [0.25, 0.3) is 0 Å². The molecule has 0 spiro atoms. The second-order valence-electron chi connectivity index (χ2n) is 6.11. The number of benzene rings is 1. The van der Waals surface area contributed by atoms with E-state index in [1.807, 2.05) is 0 Å². The molecular weight excluding hydrogens is 312 g/mol. The minimum Gasteiger partial charge on any atom is -0.310 e. The normalized spacial score (nSPS) is 22.9. The minimum absolute atomic E-state index is 0.573. The Kier molecular flexibility index (Phi) is 5.14. The number of nitrogens with one attached hydrogen (secondary N) is 1. The molecule has 1 aromatic rings. The first-order valence-electron chi connectivity index (χ1n) is 8.07. The highest BCUT2D eigenvalue weighted by molar-refractivity contribution is 9.10. The van der Waals surface area contributed by atoms with Crippen LogP contribution < -0.4 is 5.32 Å². The fraction of sp³-hybridized carbons (Fsp3) is 0.647. The molecule has 1 N–H and O–H groups in total. The fourth-order valence-corrected chi connectivity index (χ4v) is 4.16. The molecule has 1 atom stereocenters. The molecule has 0 amide bonds. The first-order chi connectivity index (χ1) is 9.84. The van der Waals surface area contributed by atoms with Gasteiger partial charge in [0.25, 0.3) is 0 Å². The van der Waals surface area contributed by atoms with Crippen molar-refractivity contribution in [2.24, 2.45) is 0 Å². The van der Waals surface area contributed by atoms with Crippen LogP contribution in [0.4, 0.5) is 0 Å². The van der Waals surface area contributed by atoms with Crippen molar-refractivity contribution in [1.29, 1.82) is 0 Å². The highest BCUT2D eigenvalue weighted by atomic mass is 79.9. The summed E-state index contributed by atoms with van der Waals surface area (Å²) in [6.07, 6.45) is 7.97. The zero-order valence-electron chi connectivity index (χ0n) is 12.2.